The molecule has 0 aromatic heterocycles. The highest BCUT2D eigenvalue weighted by Gasteiger charge is 2.58. The van der Waals surface area contributed by atoms with Crippen LogP contribution in [0.4, 0.5) is 0 Å². The van der Waals surface area contributed by atoms with Crippen LogP contribution in [-0.2, 0) is 19.1 Å². The van der Waals surface area contributed by atoms with Crippen LogP contribution in [-0.4, -0.2) is 49.7 Å². The number of imide groups is 1. The minimum Gasteiger partial charge on any atom is -0.379 e. The van der Waals surface area contributed by atoms with Gasteiger partial charge in [0.15, 0.2) is 0 Å². The SMILES string of the molecule is CCC(CC)COCCOCCCN1C(=O)[C@@H]2[C@H](C1=O)[C@@H]1C=C[C@H]2C1. The monoisotopic (exact) mass is 349 g/mol. The van der Waals surface area contributed by atoms with Crippen molar-refractivity contribution < 1.29 is 19.1 Å². The van der Waals surface area contributed by atoms with Gasteiger partial charge in [0.1, 0.15) is 0 Å². The van der Waals surface area contributed by atoms with Gasteiger partial charge < -0.3 is 9.47 Å². The van der Waals surface area contributed by atoms with Crippen molar-refractivity contribution in [2.75, 3.05) is 33.0 Å². The van der Waals surface area contributed by atoms with E-state index < -0.39 is 0 Å². The zero-order valence-electron chi connectivity index (χ0n) is 15.5. The second-order valence-corrected chi connectivity index (χ2v) is 7.55. The molecule has 0 aromatic rings. The maximum absolute atomic E-state index is 12.5. The Morgan fingerprint density at radius 2 is 1.60 bits per heavy atom. The average Bonchev–Trinajstić information content (AvgIpc) is 3.29. The molecule has 5 heteroatoms. The standard InChI is InChI=1S/C20H31NO4/c1-3-14(4-2)13-25-11-10-24-9-5-8-21-19(22)17-15-6-7-16(12-15)18(17)20(21)23/h6-7,14-18H,3-5,8-13H2,1-2H3/t15-,16+,17-,18+. The van der Waals surface area contributed by atoms with Crippen LogP contribution < -0.4 is 0 Å². The molecule has 0 spiro atoms. The summed E-state index contributed by atoms with van der Waals surface area (Å²) in [4.78, 5) is 26.5. The lowest BCUT2D eigenvalue weighted by Crippen LogP contribution is -2.34. The van der Waals surface area contributed by atoms with Gasteiger partial charge in [-0.1, -0.05) is 38.8 Å². The number of amides is 2. The second-order valence-electron chi connectivity index (χ2n) is 7.55. The summed E-state index contributed by atoms with van der Waals surface area (Å²) in [5.41, 5.74) is 0. The zero-order valence-corrected chi connectivity index (χ0v) is 15.5. The number of hydrogen-bond acceptors (Lipinski definition) is 4. The molecule has 0 radical (unpaired) electrons. The van der Waals surface area contributed by atoms with Crippen LogP contribution in [0.3, 0.4) is 0 Å². The summed E-state index contributed by atoms with van der Waals surface area (Å²) in [6.07, 6.45) is 8.24. The average molecular weight is 349 g/mol. The van der Waals surface area contributed by atoms with E-state index in [0.717, 1.165) is 25.9 Å². The Bertz CT molecular complexity index is 484. The summed E-state index contributed by atoms with van der Waals surface area (Å²) in [5.74, 6) is 1.14. The number of ether oxygens (including phenoxy) is 2. The van der Waals surface area contributed by atoms with Gasteiger partial charge in [-0.15, -0.1) is 0 Å². The number of rotatable bonds is 11. The van der Waals surface area contributed by atoms with E-state index in [1.807, 2.05) is 0 Å². The van der Waals surface area contributed by atoms with Gasteiger partial charge in [0.25, 0.3) is 0 Å². The second kappa shape index (κ2) is 8.45. The Kier molecular flexibility index (Phi) is 6.29. The van der Waals surface area contributed by atoms with Crippen molar-refractivity contribution in [2.45, 2.75) is 39.5 Å². The molecule has 1 aliphatic heterocycles. The van der Waals surface area contributed by atoms with Crippen LogP contribution in [0.2, 0.25) is 0 Å². The quantitative estimate of drug-likeness (QED) is 0.327. The van der Waals surface area contributed by atoms with Crippen molar-refractivity contribution in [3.05, 3.63) is 12.2 Å². The maximum atomic E-state index is 12.5. The third kappa shape index (κ3) is 3.82. The lowest BCUT2D eigenvalue weighted by Gasteiger charge is -2.17. The van der Waals surface area contributed by atoms with Crippen LogP contribution in [0.5, 0.6) is 0 Å². The van der Waals surface area contributed by atoms with Crippen molar-refractivity contribution in [2.24, 2.45) is 29.6 Å². The predicted octanol–water partition coefficient (Wildman–Crippen LogP) is 2.65. The number of likely N-dealkylation sites (tertiary alicyclic amines) is 1. The molecule has 0 unspecified atom stereocenters. The predicted molar refractivity (Wildman–Crippen MR) is 94.8 cm³/mol. The largest absolute Gasteiger partial charge is 0.379 e. The van der Waals surface area contributed by atoms with E-state index in [4.69, 9.17) is 9.47 Å². The highest BCUT2D eigenvalue weighted by Crippen LogP contribution is 2.52. The molecule has 2 fully saturated rings. The molecule has 4 atom stereocenters. The number of nitrogens with zero attached hydrogens (tertiary/aromatic N) is 1. The Balaban J connectivity index is 1.29. The molecule has 0 N–H and O–H groups in total. The lowest BCUT2D eigenvalue weighted by molar-refractivity contribution is -0.140. The Morgan fingerprint density at radius 1 is 1.00 bits per heavy atom. The maximum Gasteiger partial charge on any atom is 0.233 e. The third-order valence-corrected chi connectivity index (χ3v) is 6.11. The van der Waals surface area contributed by atoms with Gasteiger partial charge in [0, 0.05) is 19.8 Å². The number of carbonyl (C=O) groups is 2. The minimum atomic E-state index is -0.0816. The number of carbonyl (C=O) groups excluding carboxylic acids is 2. The van der Waals surface area contributed by atoms with Crippen LogP contribution in [0.25, 0.3) is 0 Å². The summed E-state index contributed by atoms with van der Waals surface area (Å²) >= 11 is 0. The van der Waals surface area contributed by atoms with Crippen molar-refractivity contribution in [1.29, 1.82) is 0 Å². The van der Waals surface area contributed by atoms with Crippen molar-refractivity contribution >= 4 is 11.8 Å². The van der Waals surface area contributed by atoms with Crippen molar-refractivity contribution in [3.8, 4) is 0 Å². The fourth-order valence-electron chi connectivity index (χ4n) is 4.50. The Labute approximate surface area is 150 Å². The van der Waals surface area contributed by atoms with Crippen molar-refractivity contribution in [3.63, 3.8) is 0 Å². The van der Waals surface area contributed by atoms with Crippen LogP contribution in [0.1, 0.15) is 39.5 Å². The van der Waals surface area contributed by atoms with Gasteiger partial charge in [0.2, 0.25) is 11.8 Å². The Hall–Kier alpha value is -1.20. The van der Waals surface area contributed by atoms with Crippen LogP contribution in [0.15, 0.2) is 12.2 Å². The summed E-state index contributed by atoms with van der Waals surface area (Å²) in [5, 5.41) is 0. The molecule has 3 aliphatic rings. The van der Waals surface area contributed by atoms with Gasteiger partial charge in [-0.05, 0) is 30.6 Å². The molecule has 25 heavy (non-hydrogen) atoms. The van der Waals surface area contributed by atoms with Gasteiger partial charge in [-0.2, -0.15) is 0 Å². The van der Waals surface area contributed by atoms with E-state index in [2.05, 4.69) is 26.0 Å². The molecule has 2 aliphatic carbocycles. The first-order chi connectivity index (χ1) is 12.2. The van der Waals surface area contributed by atoms with E-state index >= 15 is 0 Å². The normalized spacial score (nSPS) is 30.1. The molecule has 3 rings (SSSR count). The van der Waals surface area contributed by atoms with E-state index in [1.54, 1.807) is 0 Å². The summed E-state index contributed by atoms with van der Waals surface area (Å²) in [6, 6.07) is 0. The fourth-order valence-corrected chi connectivity index (χ4v) is 4.50. The molecule has 2 amide bonds. The van der Waals surface area contributed by atoms with Gasteiger partial charge in [-0.25, -0.2) is 0 Å². The first-order valence-corrected chi connectivity index (χ1v) is 9.86. The Morgan fingerprint density at radius 3 is 2.20 bits per heavy atom. The molecule has 140 valence electrons. The topological polar surface area (TPSA) is 55.8 Å². The molecule has 5 nitrogen and oxygen atoms in total. The van der Waals surface area contributed by atoms with Crippen LogP contribution in [0, 0.1) is 29.6 Å². The molecule has 1 saturated carbocycles. The van der Waals surface area contributed by atoms with Crippen molar-refractivity contribution in [1.82, 2.24) is 4.90 Å². The summed E-state index contributed by atoms with van der Waals surface area (Å²) < 4.78 is 11.2. The van der Waals surface area contributed by atoms with E-state index in [1.165, 1.54) is 4.90 Å². The summed E-state index contributed by atoms with van der Waals surface area (Å²) in [6.45, 7) is 7.39. The first kappa shape index (κ1) is 18.6. The minimum absolute atomic E-state index is 0.0420. The lowest BCUT2D eigenvalue weighted by atomic mass is 9.85. The third-order valence-electron chi connectivity index (χ3n) is 6.11. The number of allylic oxidation sites excluding steroid dienone is 2. The highest BCUT2D eigenvalue weighted by atomic mass is 16.5. The molecule has 1 saturated heterocycles. The number of hydrogen-bond donors (Lipinski definition) is 0. The molecule has 2 bridgehead atoms. The zero-order chi connectivity index (χ0) is 17.8. The van der Waals surface area contributed by atoms with E-state index in [-0.39, 0.29) is 23.7 Å². The molecule has 0 aromatic carbocycles. The highest BCUT2D eigenvalue weighted by molar-refractivity contribution is 6.06. The van der Waals surface area contributed by atoms with Gasteiger partial charge in [-0.3, -0.25) is 14.5 Å². The van der Waals surface area contributed by atoms with E-state index in [0.29, 0.717) is 50.5 Å². The van der Waals surface area contributed by atoms with Gasteiger partial charge in [0.05, 0.1) is 25.0 Å². The fraction of sp³-hybridized carbons (Fsp3) is 0.800. The molecular formula is C20H31NO4. The van der Waals surface area contributed by atoms with Gasteiger partial charge >= 0.3 is 0 Å². The smallest absolute Gasteiger partial charge is 0.233 e. The van der Waals surface area contributed by atoms with E-state index in [9.17, 15) is 9.59 Å². The molecule has 1 heterocycles. The molecular weight excluding hydrogens is 318 g/mol. The number of fused-ring (bicyclic) bond motifs is 5. The summed E-state index contributed by atoms with van der Waals surface area (Å²) in [7, 11) is 0. The first-order valence-electron chi connectivity index (χ1n) is 9.86. The van der Waals surface area contributed by atoms with Crippen LogP contribution >= 0.6 is 0 Å².